The maximum absolute atomic E-state index is 12.8. The molecule has 0 bridgehead atoms. The molecule has 1 aromatic carbocycles. The maximum atomic E-state index is 12.8. The molecule has 1 aromatic heterocycles. The molecule has 27 heavy (non-hydrogen) atoms. The average Bonchev–Trinajstić information content (AvgIpc) is 3.07. The summed E-state index contributed by atoms with van der Waals surface area (Å²) in [6, 6.07) is 9.93. The van der Waals surface area contributed by atoms with Gasteiger partial charge in [-0.15, -0.1) is 0 Å². The van der Waals surface area contributed by atoms with Gasteiger partial charge in [-0.05, 0) is 48.6 Å². The Labute approximate surface area is 161 Å². The first-order valence-electron chi connectivity index (χ1n) is 9.95. The zero-order chi connectivity index (χ0) is 19.1. The molecule has 0 radical (unpaired) electrons. The van der Waals surface area contributed by atoms with Crippen LogP contribution in [0, 0.1) is 0 Å². The molecule has 0 aliphatic carbocycles. The van der Waals surface area contributed by atoms with Gasteiger partial charge in [0.25, 0.3) is 5.91 Å². The summed E-state index contributed by atoms with van der Waals surface area (Å²) < 4.78 is 0. The van der Waals surface area contributed by atoms with Crippen LogP contribution in [-0.4, -0.2) is 52.8 Å². The van der Waals surface area contributed by atoms with E-state index in [1.165, 1.54) is 18.4 Å². The third kappa shape index (κ3) is 5.22. The molecule has 144 valence electrons. The van der Waals surface area contributed by atoms with Crippen molar-refractivity contribution >= 4 is 11.8 Å². The number of amides is 2. The van der Waals surface area contributed by atoms with Crippen molar-refractivity contribution in [3.8, 4) is 0 Å². The lowest BCUT2D eigenvalue weighted by atomic mass is 10.1. The molecule has 1 aliphatic rings. The van der Waals surface area contributed by atoms with Gasteiger partial charge in [-0.2, -0.15) is 0 Å². The van der Waals surface area contributed by atoms with Gasteiger partial charge >= 0.3 is 0 Å². The number of benzene rings is 1. The van der Waals surface area contributed by atoms with Gasteiger partial charge in [0.2, 0.25) is 5.91 Å². The third-order valence-corrected chi connectivity index (χ3v) is 5.17. The number of nitrogens with zero attached hydrogens (tertiary/aromatic N) is 2. The second kappa shape index (κ2) is 9.40. The molecule has 1 N–H and O–H groups in total. The van der Waals surface area contributed by atoms with Gasteiger partial charge in [-0.25, -0.2) is 0 Å². The van der Waals surface area contributed by atoms with Gasteiger partial charge in [0, 0.05) is 44.1 Å². The van der Waals surface area contributed by atoms with E-state index in [-0.39, 0.29) is 11.8 Å². The van der Waals surface area contributed by atoms with Gasteiger partial charge in [0.05, 0.1) is 6.42 Å². The van der Waals surface area contributed by atoms with Crippen LogP contribution in [0.3, 0.4) is 0 Å². The minimum Gasteiger partial charge on any atom is -0.367 e. The average molecular weight is 367 g/mol. The molecular weight excluding hydrogens is 338 g/mol. The molecule has 5 nitrogen and oxygen atoms in total. The van der Waals surface area contributed by atoms with Crippen LogP contribution in [0.25, 0.3) is 0 Å². The lowest BCUT2D eigenvalue weighted by Crippen LogP contribution is -2.37. The van der Waals surface area contributed by atoms with Crippen LogP contribution in [0.15, 0.2) is 42.7 Å². The predicted molar refractivity (Wildman–Crippen MR) is 107 cm³/mol. The molecule has 5 heteroatoms. The summed E-state index contributed by atoms with van der Waals surface area (Å²) in [6.45, 7) is 4.79. The van der Waals surface area contributed by atoms with Crippen molar-refractivity contribution < 1.29 is 9.59 Å². The number of aryl methyl sites for hydroxylation is 1. The Morgan fingerprint density at radius 2 is 1.70 bits per heavy atom. The van der Waals surface area contributed by atoms with Crippen LogP contribution in [0.2, 0.25) is 0 Å². The largest absolute Gasteiger partial charge is 0.367 e. The van der Waals surface area contributed by atoms with Crippen LogP contribution in [0.5, 0.6) is 0 Å². The number of unbranched alkanes of at least 4 members (excludes halogenated alkanes) is 1. The van der Waals surface area contributed by atoms with Gasteiger partial charge in [-0.1, -0.05) is 25.5 Å². The predicted octanol–water partition coefficient (Wildman–Crippen LogP) is 3.27. The minimum atomic E-state index is 0.0666. The smallest absolute Gasteiger partial charge is 0.253 e. The minimum absolute atomic E-state index is 0.0666. The number of hydrogen-bond acceptors (Lipinski definition) is 2. The molecule has 0 atom stereocenters. The summed E-state index contributed by atoms with van der Waals surface area (Å²) in [7, 11) is 0. The third-order valence-electron chi connectivity index (χ3n) is 5.17. The van der Waals surface area contributed by atoms with Gasteiger partial charge in [0.15, 0.2) is 0 Å². The second-order valence-electron chi connectivity index (χ2n) is 7.22. The van der Waals surface area contributed by atoms with E-state index in [0.29, 0.717) is 32.6 Å². The molecule has 0 saturated carbocycles. The number of hydrogen-bond donors (Lipinski definition) is 1. The van der Waals surface area contributed by atoms with E-state index >= 15 is 0 Å². The van der Waals surface area contributed by atoms with E-state index in [4.69, 9.17) is 0 Å². The Morgan fingerprint density at radius 3 is 2.41 bits per heavy atom. The Balaban J connectivity index is 1.55. The molecule has 0 unspecified atom stereocenters. The van der Waals surface area contributed by atoms with E-state index in [0.717, 1.165) is 24.0 Å². The van der Waals surface area contributed by atoms with Crippen LogP contribution < -0.4 is 0 Å². The van der Waals surface area contributed by atoms with Crippen molar-refractivity contribution in [3.05, 3.63) is 59.4 Å². The topological polar surface area (TPSA) is 56.4 Å². The normalized spacial score (nSPS) is 14.9. The zero-order valence-corrected chi connectivity index (χ0v) is 16.1. The second-order valence-corrected chi connectivity index (χ2v) is 7.22. The Morgan fingerprint density at radius 1 is 0.963 bits per heavy atom. The van der Waals surface area contributed by atoms with Crippen LogP contribution in [0.1, 0.15) is 47.7 Å². The molecule has 2 aromatic rings. The van der Waals surface area contributed by atoms with Crippen LogP contribution in [0.4, 0.5) is 0 Å². The lowest BCUT2D eigenvalue weighted by molar-refractivity contribution is -0.130. The fraction of sp³-hybridized carbons (Fsp3) is 0.455. The quantitative estimate of drug-likeness (QED) is 0.852. The highest BCUT2D eigenvalue weighted by Gasteiger charge is 2.23. The van der Waals surface area contributed by atoms with E-state index < -0.39 is 0 Å². The molecule has 3 rings (SSSR count). The Kier molecular flexibility index (Phi) is 6.69. The highest BCUT2D eigenvalue weighted by molar-refractivity contribution is 5.94. The first-order chi connectivity index (χ1) is 13.2. The number of aromatic nitrogens is 1. The van der Waals surface area contributed by atoms with E-state index in [9.17, 15) is 9.59 Å². The Hall–Kier alpha value is -2.56. The number of aromatic amines is 1. The first kappa shape index (κ1) is 19.2. The molecule has 2 amide bonds. The lowest BCUT2D eigenvalue weighted by Gasteiger charge is -2.22. The number of nitrogens with one attached hydrogen (secondary N) is 1. The summed E-state index contributed by atoms with van der Waals surface area (Å²) in [5.74, 6) is 0.196. The fourth-order valence-electron chi connectivity index (χ4n) is 3.50. The number of carbonyl (C=O) groups excluding carboxylic acids is 2. The van der Waals surface area contributed by atoms with Gasteiger partial charge in [-0.3, -0.25) is 9.59 Å². The first-order valence-corrected chi connectivity index (χ1v) is 9.95. The SMILES string of the molecule is CCCCc1ccc(C(=O)N2CCCN(C(=O)Cc3cc[nH]c3)CC2)cc1. The highest BCUT2D eigenvalue weighted by Crippen LogP contribution is 2.13. The molecule has 1 saturated heterocycles. The standard InChI is InChI=1S/C22H29N3O2/c1-2-3-5-18-6-8-20(9-7-18)22(27)25-13-4-12-24(14-15-25)21(26)16-19-10-11-23-17-19/h6-11,17,23H,2-5,12-16H2,1H3. The van der Waals surface area contributed by atoms with Crippen molar-refractivity contribution in [2.45, 2.75) is 39.0 Å². The van der Waals surface area contributed by atoms with Crippen molar-refractivity contribution in [1.82, 2.24) is 14.8 Å². The summed E-state index contributed by atoms with van der Waals surface area (Å²) in [4.78, 5) is 32.1. The summed E-state index contributed by atoms with van der Waals surface area (Å²) in [5.41, 5.74) is 3.02. The van der Waals surface area contributed by atoms with Crippen LogP contribution in [-0.2, 0) is 17.6 Å². The van der Waals surface area contributed by atoms with Crippen molar-refractivity contribution in [1.29, 1.82) is 0 Å². The van der Waals surface area contributed by atoms with E-state index in [1.54, 1.807) is 0 Å². The number of H-pyrrole nitrogens is 1. The summed E-state index contributed by atoms with van der Waals surface area (Å²) in [6.07, 6.45) is 8.33. The van der Waals surface area contributed by atoms with Crippen molar-refractivity contribution in [3.63, 3.8) is 0 Å². The summed E-state index contributed by atoms with van der Waals surface area (Å²) in [5, 5.41) is 0. The van der Waals surface area contributed by atoms with Gasteiger partial charge < -0.3 is 14.8 Å². The molecular formula is C22H29N3O2. The van der Waals surface area contributed by atoms with E-state index in [2.05, 4.69) is 24.0 Å². The van der Waals surface area contributed by atoms with Crippen molar-refractivity contribution in [2.75, 3.05) is 26.2 Å². The van der Waals surface area contributed by atoms with Crippen molar-refractivity contribution in [2.24, 2.45) is 0 Å². The zero-order valence-electron chi connectivity index (χ0n) is 16.1. The van der Waals surface area contributed by atoms with Gasteiger partial charge in [0.1, 0.15) is 0 Å². The molecule has 1 fully saturated rings. The monoisotopic (exact) mass is 367 g/mol. The highest BCUT2D eigenvalue weighted by atomic mass is 16.2. The summed E-state index contributed by atoms with van der Waals surface area (Å²) >= 11 is 0. The molecule has 2 heterocycles. The fourth-order valence-corrected chi connectivity index (χ4v) is 3.50. The molecule has 1 aliphatic heterocycles. The van der Waals surface area contributed by atoms with Crippen LogP contribution >= 0.6 is 0 Å². The van der Waals surface area contributed by atoms with E-state index in [1.807, 2.05) is 40.4 Å². The Bertz CT molecular complexity index is 737. The molecule has 0 spiro atoms. The number of rotatable bonds is 6. The number of carbonyl (C=O) groups is 2. The maximum Gasteiger partial charge on any atom is 0.253 e.